The number of fused-ring (bicyclic) bond motifs is 2. The van der Waals surface area contributed by atoms with Gasteiger partial charge in [0.15, 0.2) is 0 Å². The lowest BCUT2D eigenvalue weighted by atomic mass is 10.1. The first-order chi connectivity index (χ1) is 11.7. The number of carbonyl (C=O) groups is 1. The average Bonchev–Trinajstić information content (AvgIpc) is 2.91. The van der Waals surface area contributed by atoms with Crippen molar-refractivity contribution in [2.75, 3.05) is 5.32 Å². The normalized spacial score (nSPS) is 19.0. The third-order valence-corrected chi connectivity index (χ3v) is 4.53. The Labute approximate surface area is 140 Å². The van der Waals surface area contributed by atoms with Gasteiger partial charge < -0.3 is 15.7 Å². The predicted octanol–water partition coefficient (Wildman–Crippen LogP) is 3.62. The van der Waals surface area contributed by atoms with E-state index in [1.165, 1.54) is 0 Å². The number of aliphatic hydroxyl groups is 1. The van der Waals surface area contributed by atoms with Crippen molar-refractivity contribution < 1.29 is 9.90 Å². The molecule has 1 aliphatic rings. The van der Waals surface area contributed by atoms with Gasteiger partial charge in [-0.15, -0.1) is 0 Å². The first kappa shape index (κ1) is 14.7. The van der Waals surface area contributed by atoms with Crippen LogP contribution in [-0.4, -0.2) is 17.2 Å². The molecule has 4 rings (SSSR count). The highest BCUT2D eigenvalue weighted by Crippen LogP contribution is 2.31. The number of benzene rings is 3. The summed E-state index contributed by atoms with van der Waals surface area (Å²) in [6, 6.07) is 20.8. The number of hydrogen-bond acceptors (Lipinski definition) is 2. The molecule has 120 valence electrons. The molecule has 1 aliphatic carbocycles. The molecule has 3 aromatic rings. The largest absolute Gasteiger partial charge is 0.390 e. The molecule has 0 saturated carbocycles. The van der Waals surface area contributed by atoms with Crippen molar-refractivity contribution in [3.63, 3.8) is 0 Å². The fourth-order valence-corrected chi connectivity index (χ4v) is 3.38. The second-order valence-corrected chi connectivity index (χ2v) is 6.07. The molecule has 3 aromatic carbocycles. The third-order valence-electron chi connectivity index (χ3n) is 4.53. The van der Waals surface area contributed by atoms with E-state index in [2.05, 4.69) is 10.6 Å². The zero-order valence-corrected chi connectivity index (χ0v) is 13.1. The third kappa shape index (κ3) is 2.61. The fraction of sp³-hybridized carbons (Fsp3) is 0.150. The van der Waals surface area contributed by atoms with Crippen LogP contribution in [0.1, 0.15) is 17.2 Å². The van der Waals surface area contributed by atoms with E-state index in [1.54, 1.807) is 0 Å². The van der Waals surface area contributed by atoms with Gasteiger partial charge in [0, 0.05) is 11.8 Å². The summed E-state index contributed by atoms with van der Waals surface area (Å²) < 4.78 is 0. The monoisotopic (exact) mass is 318 g/mol. The second-order valence-electron chi connectivity index (χ2n) is 6.07. The summed E-state index contributed by atoms with van der Waals surface area (Å²) in [6.07, 6.45) is -0.0317. The van der Waals surface area contributed by atoms with Crippen LogP contribution in [0.15, 0.2) is 66.7 Å². The maximum absolute atomic E-state index is 12.4. The molecule has 0 radical (unpaired) electrons. The number of rotatable bonds is 2. The highest BCUT2D eigenvalue weighted by molar-refractivity contribution is 6.01. The number of anilines is 1. The summed E-state index contributed by atoms with van der Waals surface area (Å²) in [5.74, 6) is 0. The lowest BCUT2D eigenvalue weighted by Crippen LogP contribution is -2.36. The molecule has 0 aliphatic heterocycles. The van der Waals surface area contributed by atoms with Crippen LogP contribution in [0.2, 0.25) is 0 Å². The van der Waals surface area contributed by atoms with Crippen LogP contribution in [0.25, 0.3) is 10.8 Å². The van der Waals surface area contributed by atoms with Crippen LogP contribution in [0.4, 0.5) is 10.5 Å². The topological polar surface area (TPSA) is 61.4 Å². The van der Waals surface area contributed by atoms with Crippen LogP contribution >= 0.6 is 0 Å². The summed E-state index contributed by atoms with van der Waals surface area (Å²) in [5.41, 5.74) is 2.82. The van der Waals surface area contributed by atoms with Crippen molar-refractivity contribution in [3.8, 4) is 0 Å². The Hall–Kier alpha value is -2.85. The van der Waals surface area contributed by atoms with E-state index in [9.17, 15) is 9.90 Å². The Morgan fingerprint density at radius 3 is 2.62 bits per heavy atom. The second kappa shape index (κ2) is 5.98. The predicted molar refractivity (Wildman–Crippen MR) is 95.0 cm³/mol. The number of aliphatic hydroxyl groups excluding tert-OH is 1. The van der Waals surface area contributed by atoms with Crippen LogP contribution in [0, 0.1) is 0 Å². The minimum absolute atomic E-state index is 0.313. The number of carbonyl (C=O) groups excluding carboxylic acids is 1. The maximum Gasteiger partial charge on any atom is 0.319 e. The molecule has 3 N–H and O–H groups in total. The van der Waals surface area contributed by atoms with Crippen molar-refractivity contribution in [2.24, 2.45) is 0 Å². The van der Waals surface area contributed by atoms with E-state index in [0.29, 0.717) is 6.42 Å². The van der Waals surface area contributed by atoms with E-state index >= 15 is 0 Å². The van der Waals surface area contributed by atoms with Gasteiger partial charge in [-0.2, -0.15) is 0 Å². The molecule has 0 fully saturated rings. The van der Waals surface area contributed by atoms with Crippen molar-refractivity contribution in [1.82, 2.24) is 5.32 Å². The zero-order chi connectivity index (χ0) is 16.5. The zero-order valence-electron chi connectivity index (χ0n) is 13.1. The SMILES string of the molecule is O=C(Nc1cccc2ccccc12)N[C@@H]1c2ccccc2C[C@@H]1O. The van der Waals surface area contributed by atoms with Gasteiger partial charge in [-0.05, 0) is 22.6 Å². The molecule has 2 atom stereocenters. The van der Waals surface area contributed by atoms with E-state index < -0.39 is 6.10 Å². The number of hydrogen-bond donors (Lipinski definition) is 3. The Kier molecular flexibility index (Phi) is 3.67. The smallest absolute Gasteiger partial charge is 0.319 e. The molecule has 2 amide bonds. The van der Waals surface area contributed by atoms with Crippen LogP contribution in [0.5, 0.6) is 0 Å². The van der Waals surface area contributed by atoms with Gasteiger partial charge in [-0.1, -0.05) is 60.7 Å². The summed E-state index contributed by atoms with van der Waals surface area (Å²) >= 11 is 0. The molecule has 0 heterocycles. The van der Waals surface area contributed by atoms with Crippen molar-refractivity contribution in [2.45, 2.75) is 18.6 Å². The van der Waals surface area contributed by atoms with Crippen LogP contribution in [0.3, 0.4) is 0 Å². The maximum atomic E-state index is 12.4. The van der Waals surface area contributed by atoms with Crippen LogP contribution in [-0.2, 0) is 6.42 Å². The van der Waals surface area contributed by atoms with Crippen molar-refractivity contribution in [3.05, 3.63) is 77.9 Å². The molecule has 0 spiro atoms. The molecule has 24 heavy (non-hydrogen) atoms. The van der Waals surface area contributed by atoms with E-state index in [0.717, 1.165) is 27.6 Å². The molecule has 0 bridgehead atoms. The van der Waals surface area contributed by atoms with Crippen molar-refractivity contribution in [1.29, 1.82) is 0 Å². The fourth-order valence-electron chi connectivity index (χ4n) is 3.38. The number of nitrogens with one attached hydrogen (secondary N) is 2. The lowest BCUT2D eigenvalue weighted by Gasteiger charge is -2.19. The molecular formula is C20H18N2O2. The molecular weight excluding hydrogens is 300 g/mol. The van der Waals surface area contributed by atoms with Gasteiger partial charge in [0.2, 0.25) is 0 Å². The minimum atomic E-state index is -0.597. The van der Waals surface area contributed by atoms with Gasteiger partial charge in [0.1, 0.15) is 0 Å². The average molecular weight is 318 g/mol. The van der Waals surface area contributed by atoms with Gasteiger partial charge >= 0.3 is 6.03 Å². The standard InChI is InChI=1S/C20H18N2O2/c23-18-12-14-7-2-4-10-16(14)19(18)22-20(24)21-17-11-5-8-13-6-1-3-9-15(13)17/h1-11,18-19,23H,12H2,(H2,21,22,24)/t18-,19+/m0/s1. The quantitative estimate of drug-likeness (QED) is 0.676. The van der Waals surface area contributed by atoms with E-state index in [1.807, 2.05) is 66.7 Å². The summed E-state index contributed by atoms with van der Waals surface area (Å²) in [6.45, 7) is 0. The first-order valence-corrected chi connectivity index (χ1v) is 8.03. The summed E-state index contributed by atoms with van der Waals surface area (Å²) in [5, 5.41) is 18.1. The molecule has 4 nitrogen and oxygen atoms in total. The number of urea groups is 1. The van der Waals surface area contributed by atoms with E-state index in [-0.39, 0.29) is 12.1 Å². The van der Waals surface area contributed by atoms with E-state index in [4.69, 9.17) is 0 Å². The summed E-state index contributed by atoms with van der Waals surface area (Å²) in [4.78, 5) is 12.4. The van der Waals surface area contributed by atoms with Gasteiger partial charge in [-0.3, -0.25) is 0 Å². The number of amides is 2. The highest BCUT2D eigenvalue weighted by atomic mass is 16.3. The molecule has 0 saturated heterocycles. The van der Waals surface area contributed by atoms with Gasteiger partial charge in [-0.25, -0.2) is 4.79 Å². The van der Waals surface area contributed by atoms with Crippen molar-refractivity contribution >= 4 is 22.5 Å². The molecule has 0 unspecified atom stereocenters. The van der Waals surface area contributed by atoms with Crippen LogP contribution < -0.4 is 10.6 Å². The van der Waals surface area contributed by atoms with Gasteiger partial charge in [0.05, 0.1) is 17.8 Å². The lowest BCUT2D eigenvalue weighted by molar-refractivity contribution is 0.144. The molecule has 0 aromatic heterocycles. The minimum Gasteiger partial charge on any atom is -0.390 e. The Balaban J connectivity index is 1.55. The molecule has 4 heteroatoms. The Bertz CT molecular complexity index is 902. The first-order valence-electron chi connectivity index (χ1n) is 8.03. The van der Waals surface area contributed by atoms with Gasteiger partial charge in [0.25, 0.3) is 0 Å². The summed E-state index contributed by atoms with van der Waals surface area (Å²) in [7, 11) is 0. The Morgan fingerprint density at radius 1 is 0.958 bits per heavy atom. The Morgan fingerprint density at radius 2 is 1.71 bits per heavy atom. The highest BCUT2D eigenvalue weighted by Gasteiger charge is 2.31.